The van der Waals surface area contributed by atoms with Crippen LogP contribution in [-0.4, -0.2) is 56.5 Å². The fourth-order valence-electron chi connectivity index (χ4n) is 3.71. The molecule has 0 heterocycles. The van der Waals surface area contributed by atoms with E-state index >= 15 is 0 Å². The number of ketones is 1. The van der Waals surface area contributed by atoms with Crippen molar-refractivity contribution in [2.45, 2.75) is 39.0 Å². The Balaban J connectivity index is 1.78. The van der Waals surface area contributed by atoms with Gasteiger partial charge in [0.05, 0.1) is 5.56 Å². The zero-order chi connectivity index (χ0) is 28.8. The van der Waals surface area contributed by atoms with E-state index in [-0.39, 0.29) is 53.9 Å². The van der Waals surface area contributed by atoms with Gasteiger partial charge in [0, 0.05) is 18.3 Å². The van der Waals surface area contributed by atoms with Crippen molar-refractivity contribution in [2.75, 3.05) is 13.2 Å². The van der Waals surface area contributed by atoms with E-state index in [0.29, 0.717) is 25.7 Å². The lowest BCUT2D eigenvalue weighted by molar-refractivity contribution is -0.136. The van der Waals surface area contributed by atoms with Crippen molar-refractivity contribution in [3.63, 3.8) is 0 Å². The van der Waals surface area contributed by atoms with Crippen molar-refractivity contribution in [1.82, 2.24) is 0 Å². The van der Waals surface area contributed by atoms with Gasteiger partial charge in [-0.05, 0) is 98.6 Å². The predicted molar refractivity (Wildman–Crippen MR) is 145 cm³/mol. The molecule has 0 aromatic heterocycles. The average molecular weight is 539 g/mol. The van der Waals surface area contributed by atoms with Crippen LogP contribution in [0.15, 0.2) is 71.8 Å². The Morgan fingerprint density at radius 1 is 0.974 bits per heavy atom. The summed E-state index contributed by atoms with van der Waals surface area (Å²) in [4.78, 5) is 35.9. The Morgan fingerprint density at radius 3 is 2.33 bits per heavy atom. The maximum absolute atomic E-state index is 12.4. The summed E-state index contributed by atoms with van der Waals surface area (Å²) < 4.78 is 5.21. The van der Waals surface area contributed by atoms with E-state index in [4.69, 9.17) is 4.74 Å². The van der Waals surface area contributed by atoms with Crippen LogP contribution in [0.3, 0.4) is 0 Å². The summed E-state index contributed by atoms with van der Waals surface area (Å²) in [6.45, 7) is 1.88. The normalized spacial score (nSPS) is 12.9. The van der Waals surface area contributed by atoms with Crippen LogP contribution >= 0.6 is 0 Å². The monoisotopic (exact) mass is 538 g/mol. The van der Waals surface area contributed by atoms with Crippen LogP contribution < -0.4 is 0 Å². The minimum absolute atomic E-state index is 0.0772. The number of carboxylic acid groups (broad SMARTS) is 1. The summed E-state index contributed by atoms with van der Waals surface area (Å²) in [6.07, 6.45) is 8.10. The molecular weight excluding hydrogens is 504 g/mol. The summed E-state index contributed by atoms with van der Waals surface area (Å²) >= 11 is 0. The molecule has 0 unspecified atom stereocenters. The lowest BCUT2D eigenvalue weighted by Gasteiger charge is -2.13. The summed E-state index contributed by atoms with van der Waals surface area (Å²) in [5.41, 5.74) is 1.28. The first-order chi connectivity index (χ1) is 18.6. The molecular formula is C30H34O9. The first-order valence-electron chi connectivity index (χ1n) is 12.5. The third-order valence-electron chi connectivity index (χ3n) is 5.96. The fourth-order valence-corrected chi connectivity index (χ4v) is 3.71. The van der Waals surface area contributed by atoms with Crippen molar-refractivity contribution in [3.8, 4) is 17.2 Å². The first-order valence-corrected chi connectivity index (χ1v) is 12.5. The van der Waals surface area contributed by atoms with Crippen molar-refractivity contribution in [2.24, 2.45) is 5.92 Å². The van der Waals surface area contributed by atoms with Gasteiger partial charge in [0.15, 0.2) is 5.78 Å². The molecule has 39 heavy (non-hydrogen) atoms. The van der Waals surface area contributed by atoms with E-state index in [9.17, 15) is 39.9 Å². The number of carbonyl (C=O) groups excluding carboxylic acids is 2. The number of hydrogen-bond acceptors (Lipinski definition) is 8. The Labute approximate surface area is 227 Å². The predicted octanol–water partition coefficient (Wildman–Crippen LogP) is 4.76. The molecule has 0 amide bonds. The molecule has 0 bridgehead atoms. The molecule has 9 heteroatoms. The van der Waals surface area contributed by atoms with Crippen molar-refractivity contribution < 1.29 is 44.7 Å². The number of ether oxygens (including phenoxy) is 1. The maximum atomic E-state index is 12.4. The first kappa shape index (κ1) is 30.9. The van der Waals surface area contributed by atoms with Gasteiger partial charge in [0.1, 0.15) is 23.9 Å². The van der Waals surface area contributed by atoms with Gasteiger partial charge < -0.3 is 30.3 Å². The number of aliphatic hydroxyl groups excluding tert-OH is 1. The number of carbonyl (C=O) groups is 3. The number of aliphatic hydroxyl groups is 1. The van der Waals surface area contributed by atoms with Gasteiger partial charge in [-0.1, -0.05) is 18.2 Å². The largest absolute Gasteiger partial charge is 0.508 e. The maximum Gasteiger partial charge on any atom is 0.331 e. The number of phenols is 3. The second kappa shape index (κ2) is 15.8. The Hall–Kier alpha value is -4.37. The molecule has 5 N–H and O–H groups in total. The van der Waals surface area contributed by atoms with Gasteiger partial charge in [-0.2, -0.15) is 0 Å². The van der Waals surface area contributed by atoms with Gasteiger partial charge in [-0.15, -0.1) is 0 Å². The van der Waals surface area contributed by atoms with Crippen LogP contribution in [0.25, 0.3) is 6.08 Å². The minimum Gasteiger partial charge on any atom is -0.508 e. The summed E-state index contributed by atoms with van der Waals surface area (Å²) in [6, 6.07) is 9.81. The van der Waals surface area contributed by atoms with Crippen LogP contribution in [0, 0.1) is 5.92 Å². The second-order valence-corrected chi connectivity index (χ2v) is 9.14. The van der Waals surface area contributed by atoms with Gasteiger partial charge in [-0.25, -0.2) is 9.59 Å². The number of phenolic OH excluding ortho intramolecular Hbond substituents is 3. The molecule has 0 aliphatic carbocycles. The molecule has 1 atom stereocenters. The highest BCUT2D eigenvalue weighted by molar-refractivity contribution is 6.10. The molecule has 0 radical (unpaired) electrons. The second-order valence-electron chi connectivity index (χ2n) is 9.14. The summed E-state index contributed by atoms with van der Waals surface area (Å²) in [5.74, 6) is -3.00. The van der Waals surface area contributed by atoms with E-state index in [1.807, 2.05) is 13.0 Å². The number of hydrogen-bond donors (Lipinski definition) is 5. The molecule has 208 valence electrons. The SMILES string of the molecule is C/C(=C\CC[C@@H](CO)CCC/C(=C/C(=O)c1cc(O)ccc1O)C(=O)O)COC(=O)/C=C/c1ccc(O)cc1. The molecule has 2 aromatic carbocycles. The summed E-state index contributed by atoms with van der Waals surface area (Å²) in [7, 11) is 0. The third kappa shape index (κ3) is 11.3. The number of rotatable bonds is 15. The van der Waals surface area contributed by atoms with Crippen molar-refractivity contribution in [3.05, 3.63) is 83.0 Å². The lowest BCUT2D eigenvalue weighted by Crippen LogP contribution is -2.09. The zero-order valence-electron chi connectivity index (χ0n) is 21.7. The standard InChI is InChI=1S/C30H34O9/c1-20(19-39-29(36)15-10-21-8-11-24(32)12-9-21)4-2-5-22(18-31)6-3-7-23(30(37)38)16-28(35)26-17-25(33)13-14-27(26)34/h4,8-17,22,31-34H,2-3,5-7,18-19H2,1H3,(H,37,38)/b15-10+,20-4+,23-16-/t22-/m1/s1. The van der Waals surface area contributed by atoms with E-state index in [0.717, 1.165) is 29.3 Å². The number of aliphatic carboxylic acids is 1. The molecule has 0 saturated carbocycles. The van der Waals surface area contributed by atoms with Crippen LogP contribution in [-0.2, 0) is 14.3 Å². The fraction of sp³-hybridized carbons (Fsp3) is 0.300. The molecule has 0 aliphatic rings. The van der Waals surface area contributed by atoms with Gasteiger partial charge in [0.25, 0.3) is 0 Å². The molecule has 0 aliphatic heterocycles. The van der Waals surface area contributed by atoms with Gasteiger partial charge in [-0.3, -0.25) is 4.79 Å². The van der Waals surface area contributed by atoms with Crippen LogP contribution in [0.4, 0.5) is 0 Å². The van der Waals surface area contributed by atoms with E-state index in [1.165, 1.54) is 24.3 Å². The molecule has 2 aromatic rings. The number of esters is 1. The van der Waals surface area contributed by atoms with E-state index in [1.54, 1.807) is 18.2 Å². The Morgan fingerprint density at radius 2 is 1.67 bits per heavy atom. The third-order valence-corrected chi connectivity index (χ3v) is 5.96. The Kier molecular flexibility index (Phi) is 12.5. The van der Waals surface area contributed by atoms with Crippen molar-refractivity contribution in [1.29, 1.82) is 0 Å². The molecule has 0 saturated heterocycles. The highest BCUT2D eigenvalue weighted by Gasteiger charge is 2.16. The van der Waals surface area contributed by atoms with Crippen LogP contribution in [0.2, 0.25) is 0 Å². The number of benzene rings is 2. The topological polar surface area (TPSA) is 162 Å². The number of allylic oxidation sites excluding steroid dienone is 2. The smallest absolute Gasteiger partial charge is 0.331 e. The lowest BCUT2D eigenvalue weighted by atomic mass is 9.95. The number of carboxylic acids is 1. The van der Waals surface area contributed by atoms with Crippen LogP contribution in [0.1, 0.15) is 54.9 Å². The van der Waals surface area contributed by atoms with E-state index in [2.05, 4.69) is 0 Å². The molecule has 0 spiro atoms. The molecule has 2 rings (SSSR count). The van der Waals surface area contributed by atoms with Crippen LogP contribution in [0.5, 0.6) is 17.2 Å². The van der Waals surface area contributed by atoms with Crippen molar-refractivity contribution >= 4 is 23.8 Å². The van der Waals surface area contributed by atoms with E-state index < -0.39 is 17.7 Å². The Bertz CT molecular complexity index is 1220. The van der Waals surface area contributed by atoms with Gasteiger partial charge >= 0.3 is 11.9 Å². The number of aromatic hydroxyl groups is 3. The quantitative estimate of drug-likeness (QED) is 0.0708. The minimum atomic E-state index is -1.26. The average Bonchev–Trinajstić information content (AvgIpc) is 2.91. The highest BCUT2D eigenvalue weighted by atomic mass is 16.5. The molecule has 9 nitrogen and oxygen atoms in total. The highest BCUT2D eigenvalue weighted by Crippen LogP contribution is 2.24. The molecule has 0 fully saturated rings. The zero-order valence-corrected chi connectivity index (χ0v) is 21.7. The summed E-state index contributed by atoms with van der Waals surface area (Å²) in [5, 5.41) is 47.8. The van der Waals surface area contributed by atoms with Gasteiger partial charge in [0.2, 0.25) is 0 Å².